The Morgan fingerprint density at radius 3 is 1.69 bits per heavy atom. The van der Waals surface area contributed by atoms with Crippen LogP contribution in [0.3, 0.4) is 0 Å². The first-order valence-electron chi connectivity index (χ1n) is 11.4. The van der Waals surface area contributed by atoms with Crippen LogP contribution in [0.4, 0.5) is 0 Å². The summed E-state index contributed by atoms with van der Waals surface area (Å²) in [4.78, 5) is 0. The molecule has 0 bridgehead atoms. The first-order chi connectivity index (χ1) is 14.3. The van der Waals surface area contributed by atoms with Crippen molar-refractivity contribution in [3.05, 3.63) is 70.8 Å². The maximum atomic E-state index is 3.28. The van der Waals surface area contributed by atoms with E-state index >= 15 is 0 Å². The summed E-state index contributed by atoms with van der Waals surface area (Å²) in [5, 5.41) is 0. The van der Waals surface area contributed by atoms with Crippen molar-refractivity contribution >= 4 is 0 Å². The van der Waals surface area contributed by atoms with Gasteiger partial charge < -0.3 is 0 Å². The normalized spacial score (nSPS) is 18.3. The fourth-order valence-electron chi connectivity index (χ4n) is 4.35. The van der Waals surface area contributed by atoms with Gasteiger partial charge in [-0.2, -0.15) is 0 Å². The molecule has 0 saturated heterocycles. The molecule has 0 heteroatoms. The Kier molecular flexibility index (Phi) is 8.46. The molecule has 29 heavy (non-hydrogen) atoms. The van der Waals surface area contributed by atoms with E-state index < -0.39 is 0 Å². The molecule has 1 saturated carbocycles. The molecular weight excluding hydrogens is 348 g/mol. The summed E-state index contributed by atoms with van der Waals surface area (Å²) >= 11 is 0. The van der Waals surface area contributed by atoms with Crippen molar-refractivity contribution in [3.63, 3.8) is 0 Å². The number of benzene rings is 2. The monoisotopic (exact) mass is 382 g/mol. The van der Waals surface area contributed by atoms with Gasteiger partial charge in [0, 0.05) is 16.7 Å². The standard InChI is InChI=1S/C29H34/c1-3-5-7-25-10-14-27(15-11-25)17-19-29-22-20-28(21-23-29)18-16-26-12-8-24(6-4-2)9-13-26/h8-9,12-13,20-23,25,27H,3,5,7,10-11,14-15,17,19H2,1-2H3. The quantitative estimate of drug-likeness (QED) is 0.457. The molecule has 0 unspecified atom stereocenters. The highest BCUT2D eigenvalue weighted by Crippen LogP contribution is 2.34. The van der Waals surface area contributed by atoms with E-state index in [-0.39, 0.29) is 0 Å². The predicted molar refractivity (Wildman–Crippen MR) is 125 cm³/mol. The highest BCUT2D eigenvalue weighted by molar-refractivity contribution is 5.46. The van der Waals surface area contributed by atoms with E-state index in [0.717, 1.165) is 28.5 Å². The van der Waals surface area contributed by atoms with Crippen LogP contribution in [0.15, 0.2) is 48.5 Å². The Balaban J connectivity index is 1.45. The zero-order valence-corrected chi connectivity index (χ0v) is 18.1. The Bertz CT molecular complexity index is 854. The van der Waals surface area contributed by atoms with Crippen LogP contribution >= 0.6 is 0 Å². The average Bonchev–Trinajstić information content (AvgIpc) is 2.77. The molecule has 2 aromatic rings. The molecule has 0 aliphatic heterocycles. The largest absolute Gasteiger partial charge is 0.101 e. The fraction of sp³-hybridized carbons (Fsp3) is 0.448. The van der Waals surface area contributed by atoms with Crippen molar-refractivity contribution < 1.29 is 0 Å². The van der Waals surface area contributed by atoms with E-state index in [1.807, 2.05) is 31.2 Å². The van der Waals surface area contributed by atoms with Gasteiger partial charge in [0.05, 0.1) is 0 Å². The Morgan fingerprint density at radius 1 is 0.690 bits per heavy atom. The molecule has 0 heterocycles. The van der Waals surface area contributed by atoms with Crippen LogP contribution in [-0.2, 0) is 6.42 Å². The summed E-state index contributed by atoms with van der Waals surface area (Å²) in [5.74, 6) is 14.5. The molecule has 1 aliphatic rings. The van der Waals surface area contributed by atoms with Gasteiger partial charge in [-0.3, -0.25) is 0 Å². The molecule has 0 N–H and O–H groups in total. The third-order valence-corrected chi connectivity index (χ3v) is 6.23. The van der Waals surface area contributed by atoms with Gasteiger partial charge in [-0.25, -0.2) is 0 Å². The zero-order valence-electron chi connectivity index (χ0n) is 18.1. The van der Waals surface area contributed by atoms with Crippen LogP contribution in [0.2, 0.25) is 0 Å². The van der Waals surface area contributed by atoms with E-state index in [1.54, 1.807) is 0 Å². The molecule has 1 aliphatic carbocycles. The summed E-state index contributed by atoms with van der Waals surface area (Å²) in [7, 11) is 0. The first kappa shape index (κ1) is 21.3. The first-order valence-corrected chi connectivity index (χ1v) is 11.4. The van der Waals surface area contributed by atoms with Crippen LogP contribution in [0, 0.1) is 35.5 Å². The predicted octanol–water partition coefficient (Wildman–Crippen LogP) is 7.39. The number of aryl methyl sites for hydroxylation is 1. The minimum atomic E-state index is 0.938. The topological polar surface area (TPSA) is 0 Å². The third kappa shape index (κ3) is 7.15. The van der Waals surface area contributed by atoms with Crippen molar-refractivity contribution in [1.29, 1.82) is 0 Å². The maximum Gasteiger partial charge on any atom is 0.0249 e. The van der Waals surface area contributed by atoms with Gasteiger partial charge in [0.1, 0.15) is 0 Å². The van der Waals surface area contributed by atoms with Gasteiger partial charge in [-0.15, -0.1) is 5.92 Å². The summed E-state index contributed by atoms with van der Waals surface area (Å²) in [6.45, 7) is 4.17. The second-order valence-electron chi connectivity index (χ2n) is 8.47. The third-order valence-electron chi connectivity index (χ3n) is 6.23. The highest BCUT2D eigenvalue weighted by atomic mass is 14.3. The van der Waals surface area contributed by atoms with Crippen molar-refractivity contribution in [2.45, 2.75) is 71.6 Å². The average molecular weight is 383 g/mol. The number of unbranched alkanes of at least 4 members (excludes halogenated alkanes) is 1. The maximum absolute atomic E-state index is 3.28. The summed E-state index contributed by atoms with van der Waals surface area (Å²) in [5.41, 5.74) is 4.61. The van der Waals surface area contributed by atoms with E-state index in [2.05, 4.69) is 54.9 Å². The molecule has 1 fully saturated rings. The second-order valence-corrected chi connectivity index (χ2v) is 8.47. The molecule has 0 nitrogen and oxygen atoms in total. The lowest BCUT2D eigenvalue weighted by molar-refractivity contribution is 0.250. The minimum Gasteiger partial charge on any atom is -0.101 e. The van der Waals surface area contributed by atoms with Gasteiger partial charge in [0.2, 0.25) is 0 Å². The van der Waals surface area contributed by atoms with Crippen molar-refractivity contribution in [2.24, 2.45) is 11.8 Å². The van der Waals surface area contributed by atoms with Crippen molar-refractivity contribution in [2.75, 3.05) is 0 Å². The van der Waals surface area contributed by atoms with Gasteiger partial charge in [-0.1, -0.05) is 81.8 Å². The van der Waals surface area contributed by atoms with Crippen LogP contribution in [-0.4, -0.2) is 0 Å². The molecule has 0 radical (unpaired) electrons. The Morgan fingerprint density at radius 2 is 1.17 bits per heavy atom. The van der Waals surface area contributed by atoms with Gasteiger partial charge in [-0.05, 0) is 73.6 Å². The molecule has 0 spiro atoms. The van der Waals surface area contributed by atoms with Crippen LogP contribution in [0.5, 0.6) is 0 Å². The molecule has 150 valence electrons. The Labute approximate surface area is 178 Å². The van der Waals surface area contributed by atoms with Crippen LogP contribution in [0.25, 0.3) is 0 Å². The number of rotatable bonds is 6. The molecule has 0 aromatic heterocycles. The molecular formula is C29H34. The van der Waals surface area contributed by atoms with Crippen LogP contribution < -0.4 is 0 Å². The molecule has 0 amide bonds. The summed E-state index contributed by atoms with van der Waals surface area (Å²) in [6, 6.07) is 17.0. The second kappa shape index (κ2) is 11.5. The van der Waals surface area contributed by atoms with E-state index in [9.17, 15) is 0 Å². The van der Waals surface area contributed by atoms with Crippen molar-refractivity contribution in [1.82, 2.24) is 0 Å². The minimum absolute atomic E-state index is 0.938. The van der Waals surface area contributed by atoms with E-state index in [1.165, 1.54) is 63.4 Å². The lowest BCUT2D eigenvalue weighted by Crippen LogP contribution is -2.15. The summed E-state index contributed by atoms with van der Waals surface area (Å²) < 4.78 is 0. The van der Waals surface area contributed by atoms with Crippen LogP contribution in [0.1, 0.15) is 87.5 Å². The zero-order chi connectivity index (χ0) is 20.3. The fourth-order valence-corrected chi connectivity index (χ4v) is 4.35. The van der Waals surface area contributed by atoms with Gasteiger partial charge in [0.15, 0.2) is 0 Å². The SMILES string of the molecule is CC#Cc1ccc(C#Cc2ccc(CCC3CCC(CCCC)CC3)cc2)cc1. The van der Waals surface area contributed by atoms with E-state index in [4.69, 9.17) is 0 Å². The Hall–Kier alpha value is -2.44. The highest BCUT2D eigenvalue weighted by Gasteiger charge is 2.20. The van der Waals surface area contributed by atoms with Gasteiger partial charge in [0.25, 0.3) is 0 Å². The van der Waals surface area contributed by atoms with Crippen molar-refractivity contribution in [3.8, 4) is 23.7 Å². The summed E-state index contributed by atoms with van der Waals surface area (Å²) in [6.07, 6.45) is 12.6. The molecule has 2 aromatic carbocycles. The number of hydrogen-bond donors (Lipinski definition) is 0. The lowest BCUT2D eigenvalue weighted by atomic mass is 9.78. The lowest BCUT2D eigenvalue weighted by Gasteiger charge is -2.28. The smallest absolute Gasteiger partial charge is 0.0249 e. The molecule has 3 rings (SSSR count). The number of hydrogen-bond acceptors (Lipinski definition) is 0. The molecule has 0 atom stereocenters. The van der Waals surface area contributed by atoms with E-state index in [0.29, 0.717) is 0 Å². The van der Waals surface area contributed by atoms with Gasteiger partial charge >= 0.3 is 0 Å².